The van der Waals surface area contributed by atoms with E-state index in [9.17, 15) is 4.39 Å². The first kappa shape index (κ1) is 17.6. The fourth-order valence-corrected chi connectivity index (χ4v) is 2.69. The molecule has 0 aliphatic rings. The third-order valence-corrected chi connectivity index (χ3v) is 4.29. The van der Waals surface area contributed by atoms with Crippen molar-refractivity contribution in [3.05, 3.63) is 93.7 Å². The highest BCUT2D eigenvalue weighted by atomic mass is 35.5. The van der Waals surface area contributed by atoms with Gasteiger partial charge in [-0.15, -0.1) is 0 Å². The molecule has 5 heteroatoms. The van der Waals surface area contributed by atoms with E-state index in [0.29, 0.717) is 27.9 Å². The Morgan fingerprint density at radius 2 is 1.68 bits per heavy atom. The SMILES string of the molecule is Fc1cccc(Cl)c1COc1cccc(CNc2ccc(Cl)cc2)c1. The Morgan fingerprint density at radius 1 is 0.920 bits per heavy atom. The number of nitrogens with one attached hydrogen (secondary N) is 1. The van der Waals surface area contributed by atoms with E-state index >= 15 is 0 Å². The van der Waals surface area contributed by atoms with Crippen LogP contribution in [0.2, 0.25) is 10.0 Å². The molecule has 0 spiro atoms. The fourth-order valence-electron chi connectivity index (χ4n) is 2.34. The van der Waals surface area contributed by atoms with E-state index in [1.54, 1.807) is 12.1 Å². The molecule has 0 atom stereocenters. The Balaban J connectivity index is 1.62. The van der Waals surface area contributed by atoms with Crippen LogP contribution in [0.3, 0.4) is 0 Å². The molecule has 0 saturated carbocycles. The van der Waals surface area contributed by atoms with Gasteiger partial charge in [0.05, 0.1) is 5.02 Å². The topological polar surface area (TPSA) is 21.3 Å². The van der Waals surface area contributed by atoms with E-state index in [1.165, 1.54) is 6.07 Å². The third-order valence-electron chi connectivity index (χ3n) is 3.68. The fraction of sp³-hybridized carbons (Fsp3) is 0.100. The third kappa shape index (κ3) is 4.88. The van der Waals surface area contributed by atoms with Crippen LogP contribution >= 0.6 is 23.2 Å². The number of anilines is 1. The summed E-state index contributed by atoms with van der Waals surface area (Å²) < 4.78 is 19.5. The number of hydrogen-bond acceptors (Lipinski definition) is 2. The molecule has 128 valence electrons. The van der Waals surface area contributed by atoms with Crippen LogP contribution in [0, 0.1) is 5.82 Å². The van der Waals surface area contributed by atoms with Crippen molar-refractivity contribution in [3.63, 3.8) is 0 Å². The van der Waals surface area contributed by atoms with Gasteiger partial charge < -0.3 is 10.1 Å². The second kappa shape index (κ2) is 8.24. The molecule has 2 nitrogen and oxygen atoms in total. The van der Waals surface area contributed by atoms with Gasteiger partial charge in [-0.25, -0.2) is 4.39 Å². The van der Waals surface area contributed by atoms with Crippen molar-refractivity contribution >= 4 is 28.9 Å². The van der Waals surface area contributed by atoms with Crippen LogP contribution in [0.4, 0.5) is 10.1 Å². The molecule has 0 unspecified atom stereocenters. The maximum absolute atomic E-state index is 13.8. The lowest BCUT2D eigenvalue weighted by molar-refractivity contribution is 0.299. The van der Waals surface area contributed by atoms with Crippen LogP contribution in [-0.4, -0.2) is 0 Å². The van der Waals surface area contributed by atoms with Crippen LogP contribution in [-0.2, 0) is 13.2 Å². The Kier molecular flexibility index (Phi) is 5.79. The van der Waals surface area contributed by atoms with Crippen molar-refractivity contribution in [3.8, 4) is 5.75 Å². The van der Waals surface area contributed by atoms with Gasteiger partial charge in [-0.05, 0) is 54.1 Å². The van der Waals surface area contributed by atoms with Crippen molar-refractivity contribution in [2.45, 2.75) is 13.2 Å². The number of hydrogen-bond donors (Lipinski definition) is 1. The highest BCUT2D eigenvalue weighted by molar-refractivity contribution is 6.31. The lowest BCUT2D eigenvalue weighted by Gasteiger charge is -2.11. The molecule has 0 amide bonds. The molecule has 0 heterocycles. The minimum atomic E-state index is -0.368. The Hall–Kier alpha value is -2.23. The van der Waals surface area contributed by atoms with E-state index in [1.807, 2.05) is 48.5 Å². The first-order chi connectivity index (χ1) is 12.1. The highest BCUT2D eigenvalue weighted by Gasteiger charge is 2.08. The molecule has 1 N–H and O–H groups in total. The Morgan fingerprint density at radius 3 is 2.44 bits per heavy atom. The van der Waals surface area contributed by atoms with E-state index in [0.717, 1.165) is 11.3 Å². The van der Waals surface area contributed by atoms with Gasteiger partial charge in [-0.2, -0.15) is 0 Å². The zero-order chi connectivity index (χ0) is 17.6. The standard InChI is InChI=1S/C20H16Cl2FNO/c21-15-7-9-16(10-8-15)24-12-14-3-1-4-17(11-14)25-13-18-19(22)5-2-6-20(18)23/h1-11,24H,12-13H2. The molecule has 0 fully saturated rings. The maximum Gasteiger partial charge on any atom is 0.131 e. The molecular formula is C20H16Cl2FNO. The molecule has 3 aromatic carbocycles. The van der Waals surface area contributed by atoms with E-state index in [-0.39, 0.29) is 12.4 Å². The van der Waals surface area contributed by atoms with Crippen molar-refractivity contribution in [1.82, 2.24) is 0 Å². The van der Waals surface area contributed by atoms with E-state index in [2.05, 4.69) is 5.32 Å². The Labute approximate surface area is 156 Å². The molecule has 3 aromatic rings. The lowest BCUT2D eigenvalue weighted by Crippen LogP contribution is -2.02. The number of benzene rings is 3. The predicted molar refractivity (Wildman–Crippen MR) is 101 cm³/mol. The van der Waals surface area contributed by atoms with Crippen molar-refractivity contribution in [1.29, 1.82) is 0 Å². The smallest absolute Gasteiger partial charge is 0.131 e. The summed E-state index contributed by atoms with van der Waals surface area (Å²) in [6.45, 7) is 0.721. The first-order valence-corrected chi connectivity index (χ1v) is 8.51. The van der Waals surface area contributed by atoms with Gasteiger partial charge >= 0.3 is 0 Å². The summed E-state index contributed by atoms with van der Waals surface area (Å²) in [6.07, 6.45) is 0. The van der Waals surface area contributed by atoms with Gasteiger partial charge in [-0.3, -0.25) is 0 Å². The van der Waals surface area contributed by atoms with Gasteiger partial charge in [0.15, 0.2) is 0 Å². The predicted octanol–water partition coefficient (Wildman–Crippen LogP) is 6.32. The van der Waals surface area contributed by atoms with E-state index < -0.39 is 0 Å². The van der Waals surface area contributed by atoms with Crippen molar-refractivity contribution < 1.29 is 9.13 Å². The molecule has 0 aliphatic heterocycles. The number of rotatable bonds is 6. The number of ether oxygens (including phenoxy) is 1. The average molecular weight is 376 g/mol. The molecule has 0 aromatic heterocycles. The molecule has 0 aliphatic carbocycles. The summed E-state index contributed by atoms with van der Waals surface area (Å²) in [5.41, 5.74) is 2.38. The average Bonchev–Trinajstić information content (AvgIpc) is 2.61. The number of halogens is 3. The summed E-state index contributed by atoms with van der Waals surface area (Å²) in [7, 11) is 0. The van der Waals surface area contributed by atoms with Gasteiger partial charge in [0.2, 0.25) is 0 Å². The summed E-state index contributed by atoms with van der Waals surface area (Å²) >= 11 is 11.9. The van der Waals surface area contributed by atoms with Crippen LogP contribution in [0.5, 0.6) is 5.75 Å². The molecule has 0 radical (unpaired) electrons. The maximum atomic E-state index is 13.8. The van der Waals surface area contributed by atoms with Gasteiger partial charge in [0.1, 0.15) is 18.2 Å². The normalized spacial score (nSPS) is 10.5. The lowest BCUT2D eigenvalue weighted by atomic mass is 10.2. The summed E-state index contributed by atoms with van der Waals surface area (Å²) in [6, 6.07) is 19.7. The molecule has 0 bridgehead atoms. The second-order valence-corrected chi connectivity index (χ2v) is 6.34. The molecule has 25 heavy (non-hydrogen) atoms. The van der Waals surface area contributed by atoms with Gasteiger partial charge in [-0.1, -0.05) is 41.4 Å². The summed E-state index contributed by atoms with van der Waals surface area (Å²) in [4.78, 5) is 0. The van der Waals surface area contributed by atoms with Gasteiger partial charge in [0.25, 0.3) is 0 Å². The van der Waals surface area contributed by atoms with Crippen LogP contribution < -0.4 is 10.1 Å². The summed E-state index contributed by atoms with van der Waals surface area (Å²) in [5.74, 6) is 0.294. The minimum absolute atomic E-state index is 0.0829. The van der Waals surface area contributed by atoms with Crippen molar-refractivity contribution in [2.75, 3.05) is 5.32 Å². The molecule has 0 saturated heterocycles. The van der Waals surface area contributed by atoms with Gasteiger partial charge in [0, 0.05) is 22.8 Å². The monoisotopic (exact) mass is 375 g/mol. The van der Waals surface area contributed by atoms with Crippen LogP contribution in [0.25, 0.3) is 0 Å². The van der Waals surface area contributed by atoms with Crippen LogP contribution in [0.15, 0.2) is 66.7 Å². The minimum Gasteiger partial charge on any atom is -0.489 e. The van der Waals surface area contributed by atoms with Crippen LogP contribution in [0.1, 0.15) is 11.1 Å². The molecular weight excluding hydrogens is 360 g/mol. The quantitative estimate of drug-likeness (QED) is 0.543. The van der Waals surface area contributed by atoms with Crippen molar-refractivity contribution in [2.24, 2.45) is 0 Å². The first-order valence-electron chi connectivity index (χ1n) is 7.76. The largest absolute Gasteiger partial charge is 0.489 e. The second-order valence-electron chi connectivity index (χ2n) is 5.50. The zero-order valence-corrected chi connectivity index (χ0v) is 14.8. The summed E-state index contributed by atoms with van der Waals surface area (Å²) in [5, 5.41) is 4.38. The molecule has 3 rings (SSSR count). The zero-order valence-electron chi connectivity index (χ0n) is 13.3. The highest BCUT2D eigenvalue weighted by Crippen LogP contribution is 2.22. The Bertz CT molecular complexity index is 832. The van der Waals surface area contributed by atoms with E-state index in [4.69, 9.17) is 27.9 Å².